The second kappa shape index (κ2) is 19.9. The molecule has 0 aliphatic heterocycles. The van der Waals surface area contributed by atoms with E-state index in [0.29, 0.717) is 11.4 Å². The van der Waals surface area contributed by atoms with Crippen molar-refractivity contribution in [2.24, 2.45) is 0 Å². The first-order chi connectivity index (χ1) is 42.1. The Labute approximate surface area is 526 Å². The highest BCUT2D eigenvalue weighted by molar-refractivity contribution is 6.70. The molecule has 0 aliphatic carbocycles. The molecule has 0 aliphatic rings. The normalized spacial score (nSPS) is 12.4. The van der Waals surface area contributed by atoms with Crippen LogP contribution < -0.4 is 64.4 Å². The maximum Gasteiger partial charge on any atom is 0.115 e. The summed E-state index contributed by atoms with van der Waals surface area (Å²) in [5.74, 6) is 0. The Morgan fingerprint density at radius 1 is 0.284 bits per heavy atom. The molecule has 15 aromatic rings. The van der Waals surface area contributed by atoms with Crippen molar-refractivity contribution in [1.29, 1.82) is 0 Å². The molecular formula is C74H48B10N4. The van der Waals surface area contributed by atoms with Crippen LogP contribution in [0.3, 0.4) is 0 Å². The summed E-state index contributed by atoms with van der Waals surface area (Å²) in [4.78, 5) is 4.25. The summed E-state index contributed by atoms with van der Waals surface area (Å²) in [5.41, 5.74) is 18.4. The summed E-state index contributed by atoms with van der Waals surface area (Å²) >= 11 is 0. The van der Waals surface area contributed by atoms with Gasteiger partial charge in [-0.2, -0.15) is 0 Å². The van der Waals surface area contributed by atoms with Gasteiger partial charge >= 0.3 is 0 Å². The molecule has 11 aromatic carbocycles. The molecule has 0 N–H and O–H groups in total. The Balaban J connectivity index is 1.01. The Hall–Kier alpha value is -8.73. The quantitative estimate of drug-likeness (QED) is 0.142. The van der Waals surface area contributed by atoms with Crippen molar-refractivity contribution in [3.05, 3.63) is 193 Å². The molecular weight excluding hydrogens is 1050 g/mol. The number of para-hydroxylation sites is 4. The van der Waals surface area contributed by atoms with Crippen molar-refractivity contribution in [2.45, 2.75) is 52.4 Å². The van der Waals surface area contributed by atoms with Crippen molar-refractivity contribution < 1.29 is 0 Å². The van der Waals surface area contributed by atoms with Crippen LogP contribution in [0.25, 0.3) is 98.4 Å². The molecule has 0 fully saturated rings. The fourth-order valence-corrected chi connectivity index (χ4v) is 13.9. The first-order valence-corrected chi connectivity index (χ1v) is 29.5. The molecule has 0 amide bonds. The van der Waals surface area contributed by atoms with Crippen LogP contribution in [0.5, 0.6) is 0 Å². The Morgan fingerprint density at radius 2 is 0.602 bits per heavy atom. The molecule has 0 saturated carbocycles. The van der Waals surface area contributed by atoms with Crippen LogP contribution in [0.2, 0.25) is 0 Å². The highest BCUT2D eigenvalue weighted by Crippen LogP contribution is 2.52. The van der Waals surface area contributed by atoms with Gasteiger partial charge in [-0.1, -0.05) is 197 Å². The standard InChI is InChI=1S/C74H48B10N4/c1-73(2,3)39-27-23-37(24-28-39)41-15-7-11-19-49(41)85(71-65(81)61(77)59(75)62(78)66(71)82)53-33-31-43-47-35-56-48(36-55(47)87-51-21-13-9-17-45(51)57(53)69(43)87)44-32-34-54(58-46-18-10-14-22-52(46)88(56)70(44)58)86(72-67(83)63(79)60(76)64(80)68(72)84)50-20-12-8-16-42(50)38-25-29-40(30-26-38)74(4,5)6/h7-36H,1-6H3. The summed E-state index contributed by atoms with van der Waals surface area (Å²) in [5, 5.41) is 8.30. The third-order valence-corrected chi connectivity index (χ3v) is 18.4. The number of hydrogen-bond acceptors (Lipinski definition) is 2. The van der Waals surface area contributed by atoms with Crippen LogP contribution in [-0.2, 0) is 10.8 Å². The number of nitrogens with zero attached hydrogens (tertiary/aromatic N) is 4. The molecule has 4 nitrogen and oxygen atoms in total. The summed E-state index contributed by atoms with van der Waals surface area (Å²) in [6, 6.07) is 64.6. The second-order valence-corrected chi connectivity index (χ2v) is 25.5. The zero-order chi connectivity index (χ0) is 61.3. The smallest absolute Gasteiger partial charge is 0.115 e. The second-order valence-electron chi connectivity index (χ2n) is 25.5. The average molecular weight is 1100 g/mol. The van der Waals surface area contributed by atoms with Crippen LogP contribution in [0.15, 0.2) is 182 Å². The largest absolute Gasteiger partial charge is 0.310 e. The molecule has 4 heterocycles. The minimum atomic E-state index is -0.0442. The van der Waals surface area contributed by atoms with Gasteiger partial charge in [0, 0.05) is 65.6 Å². The lowest BCUT2D eigenvalue weighted by atomic mass is 9.61. The van der Waals surface area contributed by atoms with Crippen molar-refractivity contribution in [1.82, 2.24) is 8.80 Å². The summed E-state index contributed by atoms with van der Waals surface area (Å²) in [7, 11) is 68.9. The average Bonchev–Trinajstić information content (AvgIpc) is 1.52. The van der Waals surface area contributed by atoms with E-state index in [0.717, 1.165) is 121 Å². The highest BCUT2D eigenvalue weighted by Gasteiger charge is 2.32. The number of hydrogen-bond donors (Lipinski definition) is 0. The van der Waals surface area contributed by atoms with Gasteiger partial charge < -0.3 is 18.6 Å². The molecule has 88 heavy (non-hydrogen) atoms. The van der Waals surface area contributed by atoms with E-state index in [2.05, 4.69) is 218 Å². The van der Waals surface area contributed by atoms with Crippen molar-refractivity contribution in [3.63, 3.8) is 0 Å². The van der Waals surface area contributed by atoms with E-state index in [9.17, 15) is 0 Å². The van der Waals surface area contributed by atoms with E-state index in [1.807, 2.05) is 24.3 Å². The van der Waals surface area contributed by atoms with Crippen LogP contribution in [-0.4, -0.2) is 87.3 Å². The van der Waals surface area contributed by atoms with Gasteiger partial charge in [0.15, 0.2) is 0 Å². The Kier molecular flexibility index (Phi) is 12.6. The number of benzene rings is 11. The number of fused-ring (bicyclic) bond motifs is 12. The van der Waals surface area contributed by atoms with Gasteiger partial charge in [-0.25, -0.2) is 0 Å². The molecule has 394 valence electrons. The number of aromatic nitrogens is 2. The molecule has 14 heteroatoms. The molecule has 0 saturated heterocycles. The lowest BCUT2D eigenvalue weighted by molar-refractivity contribution is 0.590. The van der Waals surface area contributed by atoms with Gasteiger partial charge in [0.2, 0.25) is 0 Å². The predicted octanol–water partition coefficient (Wildman–Crippen LogP) is 8.79. The van der Waals surface area contributed by atoms with Gasteiger partial charge in [-0.05, 0) is 81.6 Å². The third-order valence-electron chi connectivity index (χ3n) is 18.4. The van der Waals surface area contributed by atoms with Crippen molar-refractivity contribution >= 4 is 243 Å². The minimum absolute atomic E-state index is 0.0442. The molecule has 0 atom stereocenters. The monoisotopic (exact) mass is 1100 g/mol. The van der Waals surface area contributed by atoms with E-state index in [1.54, 1.807) is 0 Å². The van der Waals surface area contributed by atoms with Gasteiger partial charge in [-0.3, -0.25) is 0 Å². The molecule has 20 radical (unpaired) electrons. The SMILES string of the molecule is [B]c1c([B])c([B])c(N(c2ccccc2-c2ccc(C(C)(C)C)cc2)c2ccc3c4cc5c(cc4n4c6ccccc6c2c34)c2ccc(N(c3ccccc3-c3ccc(C(C)(C)C)cc3)c3c([B])c([B])c([B])c([B])c3[B])c3c4ccccc4n5c23)c([B])c1[B]. The lowest BCUT2D eigenvalue weighted by Crippen LogP contribution is -2.56. The first-order valence-electron chi connectivity index (χ1n) is 29.5. The van der Waals surface area contributed by atoms with Crippen molar-refractivity contribution in [2.75, 3.05) is 9.80 Å². The number of rotatable bonds is 8. The van der Waals surface area contributed by atoms with Gasteiger partial charge in [-0.15, -0.1) is 32.8 Å². The van der Waals surface area contributed by atoms with Gasteiger partial charge in [0.25, 0.3) is 0 Å². The van der Waals surface area contributed by atoms with Crippen molar-refractivity contribution in [3.8, 4) is 22.3 Å². The zero-order valence-electron chi connectivity index (χ0n) is 49.9. The fourth-order valence-electron chi connectivity index (χ4n) is 13.9. The molecule has 15 rings (SSSR count). The zero-order valence-corrected chi connectivity index (χ0v) is 49.9. The van der Waals surface area contributed by atoms with E-state index in [-0.39, 0.29) is 65.5 Å². The van der Waals surface area contributed by atoms with E-state index < -0.39 is 0 Å². The predicted molar refractivity (Wildman–Crippen MR) is 387 cm³/mol. The first kappa shape index (κ1) is 55.8. The van der Waals surface area contributed by atoms with E-state index in [4.69, 9.17) is 78.5 Å². The minimum Gasteiger partial charge on any atom is -0.310 e. The van der Waals surface area contributed by atoms with Crippen LogP contribution >= 0.6 is 0 Å². The lowest BCUT2D eigenvalue weighted by Gasteiger charge is -2.34. The summed E-state index contributed by atoms with van der Waals surface area (Å²) < 4.78 is 4.80. The summed E-state index contributed by atoms with van der Waals surface area (Å²) in [6.07, 6.45) is 0. The molecule has 0 unspecified atom stereocenters. The number of anilines is 6. The Morgan fingerprint density at radius 3 is 0.955 bits per heavy atom. The highest BCUT2D eigenvalue weighted by atomic mass is 15.2. The van der Waals surface area contributed by atoms with Gasteiger partial charge in [0.1, 0.15) is 78.5 Å². The molecule has 0 bridgehead atoms. The Bertz CT molecular complexity index is 5030. The topological polar surface area (TPSA) is 15.3 Å². The molecule has 4 aromatic heterocycles. The van der Waals surface area contributed by atoms with Crippen LogP contribution in [0.4, 0.5) is 34.1 Å². The fraction of sp³-hybridized carbons (Fsp3) is 0.108. The van der Waals surface area contributed by atoms with Crippen LogP contribution in [0.1, 0.15) is 52.7 Å². The van der Waals surface area contributed by atoms with Gasteiger partial charge in [0.05, 0.1) is 55.8 Å². The summed E-state index contributed by atoms with van der Waals surface area (Å²) in [6.45, 7) is 13.3. The van der Waals surface area contributed by atoms with E-state index in [1.165, 1.54) is 11.1 Å². The maximum atomic E-state index is 7.16. The van der Waals surface area contributed by atoms with Crippen LogP contribution in [0, 0.1) is 0 Å². The third kappa shape index (κ3) is 7.98. The molecule has 0 spiro atoms. The van der Waals surface area contributed by atoms with E-state index >= 15 is 0 Å². The maximum absolute atomic E-state index is 7.16.